The number of halogens is 1. The molecule has 0 aliphatic carbocycles. The summed E-state index contributed by atoms with van der Waals surface area (Å²) in [5, 5.41) is 3.72. The zero-order chi connectivity index (χ0) is 18.2. The molecule has 0 fully saturated rings. The molecular formula is C19H22ClNO3S. The number of thioether (sulfide) groups is 1. The van der Waals surface area contributed by atoms with Crippen molar-refractivity contribution in [3.8, 4) is 11.5 Å². The topological polar surface area (TPSA) is 47.6 Å². The maximum Gasteiger partial charge on any atom is 0.230 e. The van der Waals surface area contributed by atoms with E-state index in [1.807, 2.05) is 49.4 Å². The van der Waals surface area contributed by atoms with Gasteiger partial charge in [-0.2, -0.15) is 0 Å². The molecule has 2 aromatic carbocycles. The van der Waals surface area contributed by atoms with Crippen LogP contribution in [0, 0.1) is 0 Å². The number of rotatable bonds is 8. The fourth-order valence-corrected chi connectivity index (χ4v) is 3.31. The minimum Gasteiger partial charge on any atom is -0.497 e. The van der Waals surface area contributed by atoms with Gasteiger partial charge >= 0.3 is 0 Å². The Morgan fingerprint density at radius 3 is 2.52 bits per heavy atom. The number of methoxy groups -OCH3 is 2. The van der Waals surface area contributed by atoms with Crippen molar-refractivity contribution >= 4 is 29.3 Å². The Kier molecular flexibility index (Phi) is 7.47. The van der Waals surface area contributed by atoms with E-state index in [0.717, 1.165) is 28.4 Å². The molecule has 0 saturated carbocycles. The lowest BCUT2D eigenvalue weighted by atomic mass is 10.1. The molecule has 0 heterocycles. The highest BCUT2D eigenvalue weighted by molar-refractivity contribution is 7.99. The van der Waals surface area contributed by atoms with Gasteiger partial charge in [0.05, 0.1) is 26.0 Å². The van der Waals surface area contributed by atoms with Crippen LogP contribution in [-0.4, -0.2) is 25.9 Å². The molecule has 0 aliphatic rings. The van der Waals surface area contributed by atoms with Crippen molar-refractivity contribution in [1.29, 1.82) is 0 Å². The van der Waals surface area contributed by atoms with Crippen molar-refractivity contribution in [3.63, 3.8) is 0 Å². The highest BCUT2D eigenvalue weighted by atomic mass is 35.5. The van der Waals surface area contributed by atoms with Gasteiger partial charge in [-0.05, 0) is 42.8 Å². The molecule has 0 saturated heterocycles. The molecule has 25 heavy (non-hydrogen) atoms. The van der Waals surface area contributed by atoms with Crippen molar-refractivity contribution in [1.82, 2.24) is 5.32 Å². The molecule has 4 nitrogen and oxygen atoms in total. The Morgan fingerprint density at radius 1 is 1.16 bits per heavy atom. The van der Waals surface area contributed by atoms with Crippen LogP contribution in [0.1, 0.15) is 24.1 Å². The minimum atomic E-state index is -0.173. The van der Waals surface area contributed by atoms with Gasteiger partial charge in [0.2, 0.25) is 5.91 Å². The number of carbonyl (C=O) groups is 1. The van der Waals surface area contributed by atoms with Gasteiger partial charge in [0.25, 0.3) is 0 Å². The van der Waals surface area contributed by atoms with E-state index in [1.165, 1.54) is 0 Å². The summed E-state index contributed by atoms with van der Waals surface area (Å²) in [4.78, 5) is 12.2. The molecule has 6 heteroatoms. The summed E-state index contributed by atoms with van der Waals surface area (Å²) in [5.41, 5.74) is 2.03. The number of hydrogen-bond acceptors (Lipinski definition) is 4. The second-order valence-electron chi connectivity index (χ2n) is 5.52. The Morgan fingerprint density at radius 2 is 1.88 bits per heavy atom. The molecule has 1 atom stereocenters. The molecule has 2 rings (SSSR count). The predicted molar refractivity (Wildman–Crippen MR) is 104 cm³/mol. The number of amides is 1. The van der Waals surface area contributed by atoms with Crippen LogP contribution in [-0.2, 0) is 10.5 Å². The monoisotopic (exact) mass is 379 g/mol. The van der Waals surface area contributed by atoms with Gasteiger partial charge in [-0.25, -0.2) is 0 Å². The van der Waals surface area contributed by atoms with E-state index in [-0.39, 0.29) is 11.9 Å². The van der Waals surface area contributed by atoms with Crippen molar-refractivity contribution in [2.75, 3.05) is 20.0 Å². The van der Waals surface area contributed by atoms with E-state index in [9.17, 15) is 4.79 Å². The summed E-state index contributed by atoms with van der Waals surface area (Å²) >= 11 is 7.43. The van der Waals surface area contributed by atoms with Gasteiger partial charge in [0.1, 0.15) is 11.5 Å². The van der Waals surface area contributed by atoms with E-state index in [0.29, 0.717) is 10.8 Å². The van der Waals surface area contributed by atoms with E-state index < -0.39 is 0 Å². The molecule has 0 bridgehead atoms. The van der Waals surface area contributed by atoms with Crippen molar-refractivity contribution in [3.05, 3.63) is 58.6 Å². The molecule has 1 unspecified atom stereocenters. The van der Waals surface area contributed by atoms with Crippen LogP contribution in [0.4, 0.5) is 0 Å². The number of benzene rings is 2. The smallest absolute Gasteiger partial charge is 0.230 e. The SMILES string of the molecule is COc1ccc(OC)c(C(C)NC(=O)CSCc2ccc(Cl)cc2)c1. The highest BCUT2D eigenvalue weighted by Gasteiger charge is 2.15. The Balaban J connectivity index is 1.88. The van der Waals surface area contributed by atoms with Gasteiger partial charge in [-0.15, -0.1) is 11.8 Å². The van der Waals surface area contributed by atoms with Crippen LogP contribution in [0.5, 0.6) is 11.5 Å². The van der Waals surface area contributed by atoms with Crippen LogP contribution in [0.15, 0.2) is 42.5 Å². The molecule has 0 radical (unpaired) electrons. The molecular weight excluding hydrogens is 358 g/mol. The van der Waals surface area contributed by atoms with Crippen LogP contribution in [0.3, 0.4) is 0 Å². The number of carbonyl (C=O) groups excluding carboxylic acids is 1. The number of hydrogen-bond donors (Lipinski definition) is 1. The summed E-state index contributed by atoms with van der Waals surface area (Å²) in [6.45, 7) is 1.93. The molecule has 0 spiro atoms. The molecule has 1 N–H and O–H groups in total. The molecule has 2 aromatic rings. The zero-order valence-electron chi connectivity index (χ0n) is 14.5. The number of ether oxygens (including phenoxy) is 2. The Labute approximate surface area is 157 Å². The number of nitrogens with one attached hydrogen (secondary N) is 1. The molecule has 1 amide bonds. The van der Waals surface area contributed by atoms with Crippen molar-refractivity contribution < 1.29 is 14.3 Å². The van der Waals surface area contributed by atoms with Crippen molar-refractivity contribution in [2.24, 2.45) is 0 Å². The van der Waals surface area contributed by atoms with Gasteiger partial charge in [-0.1, -0.05) is 23.7 Å². The quantitative estimate of drug-likeness (QED) is 0.735. The van der Waals surface area contributed by atoms with Crippen LogP contribution >= 0.6 is 23.4 Å². The minimum absolute atomic E-state index is 0.0173. The molecule has 0 aliphatic heterocycles. The first kappa shape index (κ1) is 19.5. The normalized spacial score (nSPS) is 11.7. The average Bonchev–Trinajstić information content (AvgIpc) is 2.62. The maximum absolute atomic E-state index is 12.2. The first-order chi connectivity index (χ1) is 12.0. The third kappa shape index (κ3) is 5.87. The van der Waals surface area contributed by atoms with E-state index in [4.69, 9.17) is 21.1 Å². The van der Waals surface area contributed by atoms with Gasteiger partial charge in [-0.3, -0.25) is 4.79 Å². The third-order valence-electron chi connectivity index (χ3n) is 3.70. The van der Waals surface area contributed by atoms with E-state index >= 15 is 0 Å². The van der Waals surface area contributed by atoms with Crippen molar-refractivity contribution in [2.45, 2.75) is 18.7 Å². The van der Waals surface area contributed by atoms with Gasteiger partial charge in [0, 0.05) is 16.3 Å². The average molecular weight is 380 g/mol. The maximum atomic E-state index is 12.2. The summed E-state index contributed by atoms with van der Waals surface area (Å²) in [6.07, 6.45) is 0. The lowest BCUT2D eigenvalue weighted by Crippen LogP contribution is -2.28. The van der Waals surface area contributed by atoms with Crippen LogP contribution in [0.25, 0.3) is 0 Å². The summed E-state index contributed by atoms with van der Waals surface area (Å²) in [5.74, 6) is 2.59. The first-order valence-corrected chi connectivity index (χ1v) is 9.40. The van der Waals surface area contributed by atoms with Crippen LogP contribution in [0.2, 0.25) is 5.02 Å². The predicted octanol–water partition coefficient (Wildman–Crippen LogP) is 4.47. The Hall–Kier alpha value is -1.85. The first-order valence-electron chi connectivity index (χ1n) is 7.87. The summed E-state index contributed by atoms with van der Waals surface area (Å²) < 4.78 is 10.6. The summed E-state index contributed by atoms with van der Waals surface area (Å²) in [7, 11) is 3.23. The lowest BCUT2D eigenvalue weighted by molar-refractivity contribution is -0.119. The lowest BCUT2D eigenvalue weighted by Gasteiger charge is -2.18. The fourth-order valence-electron chi connectivity index (χ4n) is 2.38. The van der Waals surface area contributed by atoms with Crippen LogP contribution < -0.4 is 14.8 Å². The third-order valence-corrected chi connectivity index (χ3v) is 4.95. The molecule has 0 aromatic heterocycles. The van der Waals surface area contributed by atoms with E-state index in [1.54, 1.807) is 26.0 Å². The van der Waals surface area contributed by atoms with E-state index in [2.05, 4.69) is 5.32 Å². The highest BCUT2D eigenvalue weighted by Crippen LogP contribution is 2.29. The fraction of sp³-hybridized carbons (Fsp3) is 0.316. The molecule has 134 valence electrons. The second-order valence-corrected chi connectivity index (χ2v) is 6.94. The second kappa shape index (κ2) is 9.59. The summed E-state index contributed by atoms with van der Waals surface area (Å²) in [6, 6.07) is 13.0. The largest absolute Gasteiger partial charge is 0.497 e. The standard InChI is InChI=1S/C19H22ClNO3S/c1-13(17-10-16(23-2)8-9-18(17)24-3)21-19(22)12-25-11-14-4-6-15(20)7-5-14/h4-10,13H,11-12H2,1-3H3,(H,21,22). The Bertz CT molecular complexity index is 706. The zero-order valence-corrected chi connectivity index (χ0v) is 16.1. The van der Waals surface area contributed by atoms with Gasteiger partial charge < -0.3 is 14.8 Å². The van der Waals surface area contributed by atoms with Gasteiger partial charge in [0.15, 0.2) is 0 Å².